The maximum atomic E-state index is 5.85. The van der Waals surface area contributed by atoms with Crippen LogP contribution in [0.3, 0.4) is 0 Å². The lowest BCUT2D eigenvalue weighted by atomic mass is 10.0. The van der Waals surface area contributed by atoms with Crippen LogP contribution < -0.4 is 5.73 Å². The van der Waals surface area contributed by atoms with Gasteiger partial charge in [-0.1, -0.05) is 30.7 Å². The van der Waals surface area contributed by atoms with Crippen molar-refractivity contribution in [1.29, 1.82) is 0 Å². The molecule has 2 rings (SSSR count). The third-order valence-electron chi connectivity index (χ3n) is 3.95. The quantitative estimate of drug-likeness (QED) is 0.863. The number of benzene rings is 1. The molecular formula is C15H24N2. The van der Waals surface area contributed by atoms with Crippen molar-refractivity contribution < 1.29 is 0 Å². The van der Waals surface area contributed by atoms with Crippen LogP contribution in [0.5, 0.6) is 0 Å². The van der Waals surface area contributed by atoms with Crippen LogP contribution in [0.4, 0.5) is 0 Å². The summed E-state index contributed by atoms with van der Waals surface area (Å²) in [6.45, 7) is 5.40. The first-order valence-electron chi connectivity index (χ1n) is 6.80. The molecule has 0 bridgehead atoms. The molecule has 1 aromatic rings. The Morgan fingerprint density at radius 3 is 2.88 bits per heavy atom. The first kappa shape index (κ1) is 12.6. The van der Waals surface area contributed by atoms with Crippen molar-refractivity contribution in [3.8, 4) is 0 Å². The van der Waals surface area contributed by atoms with Crippen LogP contribution in [0.25, 0.3) is 0 Å². The topological polar surface area (TPSA) is 29.3 Å². The highest BCUT2D eigenvalue weighted by Gasteiger charge is 2.20. The minimum Gasteiger partial charge on any atom is -0.329 e. The normalized spacial score (nSPS) is 21.6. The monoisotopic (exact) mass is 232 g/mol. The van der Waals surface area contributed by atoms with Gasteiger partial charge in [0.15, 0.2) is 0 Å². The van der Waals surface area contributed by atoms with Gasteiger partial charge < -0.3 is 5.73 Å². The van der Waals surface area contributed by atoms with Crippen molar-refractivity contribution >= 4 is 0 Å². The van der Waals surface area contributed by atoms with Gasteiger partial charge in [-0.05, 0) is 43.9 Å². The predicted molar refractivity (Wildman–Crippen MR) is 73.1 cm³/mol. The molecule has 0 radical (unpaired) electrons. The highest BCUT2D eigenvalue weighted by molar-refractivity contribution is 5.25. The van der Waals surface area contributed by atoms with Crippen LogP contribution in [0.1, 0.15) is 30.4 Å². The molecule has 1 aliphatic rings. The Hall–Kier alpha value is -0.860. The van der Waals surface area contributed by atoms with Crippen molar-refractivity contribution in [3.63, 3.8) is 0 Å². The molecule has 0 aliphatic carbocycles. The van der Waals surface area contributed by atoms with E-state index in [4.69, 9.17) is 5.73 Å². The molecule has 0 amide bonds. The van der Waals surface area contributed by atoms with Crippen molar-refractivity contribution in [2.45, 2.75) is 38.6 Å². The summed E-state index contributed by atoms with van der Waals surface area (Å²) in [5.74, 6) is 0. The Bertz CT molecular complexity index is 349. The van der Waals surface area contributed by atoms with Crippen LogP contribution in [-0.2, 0) is 6.42 Å². The number of hydrogen-bond acceptors (Lipinski definition) is 2. The van der Waals surface area contributed by atoms with Gasteiger partial charge in [0.1, 0.15) is 0 Å². The van der Waals surface area contributed by atoms with E-state index in [0.717, 1.165) is 19.5 Å². The van der Waals surface area contributed by atoms with Crippen molar-refractivity contribution in [3.05, 3.63) is 35.4 Å². The molecule has 0 spiro atoms. The first-order valence-corrected chi connectivity index (χ1v) is 6.80. The van der Waals surface area contributed by atoms with E-state index in [2.05, 4.69) is 36.1 Å². The van der Waals surface area contributed by atoms with Gasteiger partial charge in [0.25, 0.3) is 0 Å². The summed E-state index contributed by atoms with van der Waals surface area (Å²) in [7, 11) is 0. The number of piperidine rings is 1. The van der Waals surface area contributed by atoms with Crippen LogP contribution in [0.15, 0.2) is 24.3 Å². The number of nitrogens with zero attached hydrogens (tertiary/aromatic N) is 1. The Morgan fingerprint density at radius 2 is 2.12 bits per heavy atom. The molecule has 1 aromatic carbocycles. The number of rotatable bonds is 4. The van der Waals surface area contributed by atoms with Crippen LogP contribution in [0, 0.1) is 6.92 Å². The summed E-state index contributed by atoms with van der Waals surface area (Å²) >= 11 is 0. The fraction of sp³-hybridized carbons (Fsp3) is 0.600. The van der Waals surface area contributed by atoms with Gasteiger partial charge in [0.05, 0.1) is 0 Å². The van der Waals surface area contributed by atoms with Crippen LogP contribution in [-0.4, -0.2) is 30.6 Å². The summed E-state index contributed by atoms with van der Waals surface area (Å²) in [6.07, 6.45) is 5.13. The number of hydrogen-bond donors (Lipinski definition) is 1. The molecular weight excluding hydrogens is 208 g/mol. The lowest BCUT2D eigenvalue weighted by molar-refractivity contribution is 0.155. The Morgan fingerprint density at radius 1 is 1.29 bits per heavy atom. The second-order valence-electron chi connectivity index (χ2n) is 5.10. The molecule has 0 aromatic heterocycles. The number of aryl methyl sites for hydroxylation is 1. The molecule has 94 valence electrons. The van der Waals surface area contributed by atoms with Crippen molar-refractivity contribution in [2.75, 3.05) is 19.6 Å². The molecule has 17 heavy (non-hydrogen) atoms. The second kappa shape index (κ2) is 6.18. The standard InChI is InChI=1S/C15H24N2/c1-13-6-2-3-7-14(13)9-11-17-10-5-4-8-15(17)12-16/h2-3,6-7,15H,4-5,8-12,16H2,1H3. The van der Waals surface area contributed by atoms with E-state index in [1.54, 1.807) is 0 Å². The van der Waals surface area contributed by atoms with Crippen LogP contribution >= 0.6 is 0 Å². The molecule has 2 N–H and O–H groups in total. The molecule has 1 heterocycles. The minimum absolute atomic E-state index is 0.618. The summed E-state index contributed by atoms with van der Waals surface area (Å²) in [4.78, 5) is 2.58. The van der Waals surface area contributed by atoms with Crippen molar-refractivity contribution in [1.82, 2.24) is 4.90 Å². The zero-order chi connectivity index (χ0) is 12.1. The number of likely N-dealkylation sites (tertiary alicyclic amines) is 1. The van der Waals surface area contributed by atoms with E-state index in [1.165, 1.54) is 36.9 Å². The Balaban J connectivity index is 1.90. The van der Waals surface area contributed by atoms with Gasteiger partial charge in [-0.2, -0.15) is 0 Å². The second-order valence-corrected chi connectivity index (χ2v) is 5.10. The van der Waals surface area contributed by atoms with E-state index in [1.807, 2.05) is 0 Å². The maximum absolute atomic E-state index is 5.85. The highest BCUT2D eigenvalue weighted by Crippen LogP contribution is 2.17. The molecule has 1 atom stereocenters. The van der Waals surface area contributed by atoms with Crippen LogP contribution in [0.2, 0.25) is 0 Å². The Labute approximate surface area is 105 Å². The summed E-state index contributed by atoms with van der Waals surface area (Å²) < 4.78 is 0. The van der Waals surface area contributed by atoms with Crippen molar-refractivity contribution in [2.24, 2.45) is 5.73 Å². The van der Waals surface area contributed by atoms with Gasteiger partial charge in [0, 0.05) is 19.1 Å². The first-order chi connectivity index (χ1) is 8.31. The minimum atomic E-state index is 0.618. The molecule has 0 saturated carbocycles. The molecule has 1 fully saturated rings. The zero-order valence-electron chi connectivity index (χ0n) is 10.9. The van der Waals surface area contributed by atoms with E-state index >= 15 is 0 Å². The molecule has 2 heteroatoms. The van der Waals surface area contributed by atoms with E-state index in [9.17, 15) is 0 Å². The largest absolute Gasteiger partial charge is 0.329 e. The van der Waals surface area contributed by atoms with Gasteiger partial charge >= 0.3 is 0 Å². The highest BCUT2D eigenvalue weighted by atomic mass is 15.2. The lowest BCUT2D eigenvalue weighted by Crippen LogP contribution is -2.44. The van der Waals surface area contributed by atoms with Gasteiger partial charge in [-0.25, -0.2) is 0 Å². The van der Waals surface area contributed by atoms with E-state index in [0.29, 0.717) is 6.04 Å². The lowest BCUT2D eigenvalue weighted by Gasteiger charge is -2.35. The molecule has 1 saturated heterocycles. The summed E-state index contributed by atoms with van der Waals surface area (Å²) in [6, 6.07) is 9.32. The third kappa shape index (κ3) is 3.30. The average Bonchev–Trinajstić information content (AvgIpc) is 2.38. The zero-order valence-corrected chi connectivity index (χ0v) is 10.9. The summed E-state index contributed by atoms with van der Waals surface area (Å²) in [5.41, 5.74) is 8.74. The molecule has 2 nitrogen and oxygen atoms in total. The SMILES string of the molecule is Cc1ccccc1CCN1CCCCC1CN. The van der Waals surface area contributed by atoms with E-state index < -0.39 is 0 Å². The van der Waals surface area contributed by atoms with Gasteiger partial charge in [0.2, 0.25) is 0 Å². The number of nitrogens with two attached hydrogens (primary N) is 1. The fourth-order valence-electron chi connectivity index (χ4n) is 2.78. The summed E-state index contributed by atoms with van der Waals surface area (Å²) in [5, 5.41) is 0. The maximum Gasteiger partial charge on any atom is 0.0218 e. The average molecular weight is 232 g/mol. The molecule has 1 aliphatic heterocycles. The van der Waals surface area contributed by atoms with Gasteiger partial charge in [-0.15, -0.1) is 0 Å². The van der Waals surface area contributed by atoms with Gasteiger partial charge in [-0.3, -0.25) is 4.90 Å². The fourth-order valence-corrected chi connectivity index (χ4v) is 2.78. The molecule has 1 unspecified atom stereocenters. The smallest absolute Gasteiger partial charge is 0.0218 e. The predicted octanol–water partition coefficient (Wildman–Crippen LogP) is 2.35. The Kier molecular flexibility index (Phi) is 4.57. The third-order valence-corrected chi connectivity index (χ3v) is 3.95. The van der Waals surface area contributed by atoms with E-state index in [-0.39, 0.29) is 0 Å².